The molecule has 0 spiro atoms. The molecular formula is C17H16FNS2. The molecule has 1 nitrogen and oxygen atoms in total. The van der Waals surface area contributed by atoms with Crippen molar-refractivity contribution in [2.24, 2.45) is 0 Å². The van der Waals surface area contributed by atoms with Gasteiger partial charge in [-0.15, -0.1) is 23.1 Å². The fourth-order valence-corrected chi connectivity index (χ4v) is 4.40. The highest BCUT2D eigenvalue weighted by Gasteiger charge is 2.14. The third-order valence-electron chi connectivity index (χ3n) is 3.48. The molecule has 2 aromatic carbocycles. The molecule has 21 heavy (non-hydrogen) atoms. The zero-order valence-corrected chi connectivity index (χ0v) is 13.3. The lowest BCUT2D eigenvalue weighted by Gasteiger charge is -2.17. The van der Waals surface area contributed by atoms with Gasteiger partial charge in [-0.05, 0) is 41.6 Å². The van der Waals surface area contributed by atoms with Crippen LogP contribution in [0.15, 0.2) is 58.8 Å². The Bertz CT molecular complexity index is 738. The summed E-state index contributed by atoms with van der Waals surface area (Å²) >= 11 is 3.31. The minimum absolute atomic E-state index is 0.147. The lowest BCUT2D eigenvalue weighted by atomic mass is 10.1. The van der Waals surface area contributed by atoms with E-state index in [0.29, 0.717) is 4.90 Å². The van der Waals surface area contributed by atoms with Crippen LogP contribution in [0.3, 0.4) is 0 Å². The van der Waals surface area contributed by atoms with Crippen molar-refractivity contribution in [3.63, 3.8) is 0 Å². The summed E-state index contributed by atoms with van der Waals surface area (Å²) in [6, 6.07) is 15.7. The first-order chi connectivity index (χ1) is 10.3. The van der Waals surface area contributed by atoms with Gasteiger partial charge in [-0.3, -0.25) is 0 Å². The zero-order valence-electron chi connectivity index (χ0n) is 11.7. The largest absolute Gasteiger partial charge is 0.312 e. The van der Waals surface area contributed by atoms with E-state index in [-0.39, 0.29) is 11.9 Å². The van der Waals surface area contributed by atoms with E-state index in [1.165, 1.54) is 21.7 Å². The Balaban J connectivity index is 1.82. The Hall–Kier alpha value is -1.36. The van der Waals surface area contributed by atoms with E-state index in [1.54, 1.807) is 29.2 Å². The van der Waals surface area contributed by atoms with E-state index in [4.69, 9.17) is 0 Å². The van der Waals surface area contributed by atoms with Gasteiger partial charge in [-0.1, -0.05) is 30.3 Å². The quantitative estimate of drug-likeness (QED) is 0.658. The summed E-state index contributed by atoms with van der Waals surface area (Å²) < 4.78 is 15.0. The third-order valence-corrected chi connectivity index (χ3v) is 5.60. The molecule has 0 saturated carbocycles. The molecule has 0 amide bonds. The molecular weight excluding hydrogens is 301 g/mol. The topological polar surface area (TPSA) is 12.0 Å². The SMILES string of the molecule is CNC(CSc1ccccc1F)c1cccc2ccsc12. The Morgan fingerprint density at radius 3 is 2.81 bits per heavy atom. The predicted octanol–water partition coefficient (Wildman–Crippen LogP) is 5.09. The van der Waals surface area contributed by atoms with E-state index in [0.717, 1.165) is 5.75 Å². The molecule has 0 fully saturated rings. The molecule has 1 N–H and O–H groups in total. The van der Waals surface area contributed by atoms with Crippen LogP contribution < -0.4 is 5.32 Å². The smallest absolute Gasteiger partial charge is 0.136 e. The molecule has 3 aromatic rings. The molecule has 0 aliphatic rings. The molecule has 1 unspecified atom stereocenters. The summed E-state index contributed by atoms with van der Waals surface area (Å²) in [5.41, 5.74) is 1.29. The maximum atomic E-state index is 13.7. The summed E-state index contributed by atoms with van der Waals surface area (Å²) in [6.07, 6.45) is 0. The van der Waals surface area contributed by atoms with Gasteiger partial charge in [0.25, 0.3) is 0 Å². The van der Waals surface area contributed by atoms with E-state index in [1.807, 2.05) is 19.2 Å². The first kappa shape index (κ1) is 14.6. The summed E-state index contributed by atoms with van der Waals surface area (Å²) in [5.74, 6) is 0.653. The highest BCUT2D eigenvalue weighted by atomic mass is 32.2. The first-order valence-corrected chi connectivity index (χ1v) is 8.67. The summed E-state index contributed by atoms with van der Waals surface area (Å²) in [7, 11) is 1.96. The van der Waals surface area contributed by atoms with E-state index < -0.39 is 0 Å². The molecule has 1 heterocycles. The predicted molar refractivity (Wildman–Crippen MR) is 90.7 cm³/mol. The van der Waals surface area contributed by atoms with Gasteiger partial charge in [-0.25, -0.2) is 4.39 Å². The second kappa shape index (κ2) is 6.60. The van der Waals surface area contributed by atoms with Gasteiger partial charge in [0.2, 0.25) is 0 Å². The summed E-state index contributed by atoms with van der Waals surface area (Å²) in [4.78, 5) is 0.705. The number of hydrogen-bond donors (Lipinski definition) is 1. The average molecular weight is 317 g/mol. The van der Waals surface area contributed by atoms with Crippen molar-refractivity contribution < 1.29 is 4.39 Å². The van der Waals surface area contributed by atoms with Crippen molar-refractivity contribution in [2.75, 3.05) is 12.8 Å². The van der Waals surface area contributed by atoms with E-state index in [2.05, 4.69) is 35.0 Å². The van der Waals surface area contributed by atoms with E-state index >= 15 is 0 Å². The molecule has 0 bridgehead atoms. The highest BCUT2D eigenvalue weighted by molar-refractivity contribution is 7.99. The molecule has 0 radical (unpaired) electrons. The van der Waals surface area contributed by atoms with Crippen LogP contribution in [-0.2, 0) is 0 Å². The highest BCUT2D eigenvalue weighted by Crippen LogP contribution is 2.32. The number of nitrogens with one attached hydrogen (secondary N) is 1. The van der Waals surface area contributed by atoms with Crippen molar-refractivity contribution in [1.82, 2.24) is 5.32 Å². The van der Waals surface area contributed by atoms with Crippen molar-refractivity contribution in [3.05, 3.63) is 65.3 Å². The molecule has 0 saturated heterocycles. The Morgan fingerprint density at radius 2 is 2.00 bits per heavy atom. The molecule has 0 aliphatic heterocycles. The normalized spacial score (nSPS) is 12.7. The maximum Gasteiger partial charge on any atom is 0.136 e. The molecule has 0 aliphatic carbocycles. The fourth-order valence-electron chi connectivity index (χ4n) is 2.35. The maximum absolute atomic E-state index is 13.7. The first-order valence-electron chi connectivity index (χ1n) is 6.80. The summed E-state index contributed by atoms with van der Waals surface area (Å²) in [6.45, 7) is 0. The van der Waals surface area contributed by atoms with Crippen LogP contribution in [0.25, 0.3) is 10.1 Å². The number of benzene rings is 2. The lowest BCUT2D eigenvalue weighted by Crippen LogP contribution is -2.18. The molecule has 1 aromatic heterocycles. The monoisotopic (exact) mass is 317 g/mol. The summed E-state index contributed by atoms with van der Waals surface area (Å²) in [5, 5.41) is 6.74. The van der Waals surface area contributed by atoms with Crippen molar-refractivity contribution in [1.29, 1.82) is 0 Å². The minimum atomic E-state index is -0.147. The van der Waals surface area contributed by atoms with Crippen LogP contribution in [0.1, 0.15) is 11.6 Å². The fraction of sp³-hybridized carbons (Fsp3) is 0.176. The molecule has 108 valence electrons. The second-order valence-electron chi connectivity index (χ2n) is 4.77. The number of rotatable bonds is 5. The van der Waals surface area contributed by atoms with Gasteiger partial charge in [-0.2, -0.15) is 0 Å². The van der Waals surface area contributed by atoms with Crippen LogP contribution in [0.2, 0.25) is 0 Å². The second-order valence-corrected chi connectivity index (χ2v) is 6.75. The number of thiophene rings is 1. The lowest BCUT2D eigenvalue weighted by molar-refractivity contribution is 0.601. The van der Waals surface area contributed by atoms with Gasteiger partial charge in [0.1, 0.15) is 5.82 Å². The standard InChI is InChI=1S/C17H16FNS2/c1-19-15(11-21-16-8-3-2-7-14(16)18)13-6-4-5-12-9-10-20-17(12)13/h2-10,15,19H,11H2,1H3. The average Bonchev–Trinajstić information content (AvgIpc) is 2.98. The Morgan fingerprint density at radius 1 is 1.14 bits per heavy atom. The Labute approximate surface area is 132 Å². The van der Waals surface area contributed by atoms with Crippen molar-refractivity contribution in [3.8, 4) is 0 Å². The van der Waals surface area contributed by atoms with Gasteiger partial charge >= 0.3 is 0 Å². The van der Waals surface area contributed by atoms with Gasteiger partial charge in [0, 0.05) is 21.4 Å². The van der Waals surface area contributed by atoms with Crippen LogP contribution in [0.5, 0.6) is 0 Å². The van der Waals surface area contributed by atoms with Gasteiger partial charge in [0.15, 0.2) is 0 Å². The molecule has 3 rings (SSSR count). The van der Waals surface area contributed by atoms with Crippen LogP contribution >= 0.6 is 23.1 Å². The van der Waals surface area contributed by atoms with E-state index in [9.17, 15) is 4.39 Å². The molecule has 1 atom stereocenters. The molecule has 4 heteroatoms. The van der Waals surface area contributed by atoms with Crippen molar-refractivity contribution in [2.45, 2.75) is 10.9 Å². The van der Waals surface area contributed by atoms with Crippen LogP contribution in [-0.4, -0.2) is 12.8 Å². The van der Waals surface area contributed by atoms with Gasteiger partial charge < -0.3 is 5.32 Å². The van der Waals surface area contributed by atoms with Gasteiger partial charge in [0.05, 0.1) is 0 Å². The van der Waals surface area contributed by atoms with Crippen molar-refractivity contribution >= 4 is 33.2 Å². The zero-order chi connectivity index (χ0) is 14.7. The third kappa shape index (κ3) is 3.12. The minimum Gasteiger partial charge on any atom is -0.312 e. The number of halogens is 1. The number of hydrogen-bond acceptors (Lipinski definition) is 3. The Kier molecular flexibility index (Phi) is 4.58. The van der Waals surface area contributed by atoms with Crippen LogP contribution in [0, 0.1) is 5.82 Å². The van der Waals surface area contributed by atoms with Crippen LogP contribution in [0.4, 0.5) is 4.39 Å². The number of fused-ring (bicyclic) bond motifs is 1. The number of thioether (sulfide) groups is 1.